The Morgan fingerprint density at radius 1 is 1.46 bits per heavy atom. The van der Waals surface area contributed by atoms with Crippen LogP contribution in [0, 0.1) is 11.5 Å². The third-order valence-corrected chi connectivity index (χ3v) is 2.43. The van der Waals surface area contributed by atoms with E-state index in [9.17, 15) is 5.11 Å². The van der Waals surface area contributed by atoms with Crippen LogP contribution < -0.4 is 0 Å². The van der Waals surface area contributed by atoms with E-state index < -0.39 is 8.07 Å². The Balaban J connectivity index is 3.64. The second-order valence-electron chi connectivity index (χ2n) is 4.27. The van der Waals surface area contributed by atoms with Crippen molar-refractivity contribution in [3.8, 4) is 11.5 Å². The van der Waals surface area contributed by atoms with Gasteiger partial charge < -0.3 is 5.11 Å². The maximum Gasteiger partial charge on any atom is 0.129 e. The molecule has 0 radical (unpaired) electrons. The summed E-state index contributed by atoms with van der Waals surface area (Å²) in [6.45, 7) is 10.2. The van der Waals surface area contributed by atoms with E-state index in [4.69, 9.17) is 0 Å². The van der Waals surface area contributed by atoms with Crippen LogP contribution in [0.1, 0.15) is 19.3 Å². The number of rotatable bonds is 4. The van der Waals surface area contributed by atoms with E-state index in [1.165, 1.54) is 0 Å². The molecule has 0 rings (SSSR count). The first-order chi connectivity index (χ1) is 5.95. The smallest absolute Gasteiger partial charge is 0.129 e. The summed E-state index contributed by atoms with van der Waals surface area (Å²) in [5, 5.41) is 9.35. The molecule has 0 aliphatic heterocycles. The summed E-state index contributed by atoms with van der Waals surface area (Å²) < 4.78 is 0. The zero-order chi connectivity index (χ0) is 10.3. The molecule has 1 N–H and O–H groups in total. The molecule has 1 nitrogen and oxygen atoms in total. The molecule has 0 saturated heterocycles. The summed E-state index contributed by atoms with van der Waals surface area (Å²) in [7, 11) is -1.21. The molecular formula is C11H20OSi. The molecule has 0 spiro atoms. The van der Waals surface area contributed by atoms with Gasteiger partial charge in [-0.3, -0.25) is 0 Å². The summed E-state index contributed by atoms with van der Waals surface area (Å²) in [6.07, 6.45) is 3.74. The molecule has 1 atom stereocenters. The number of hydrogen-bond acceptors (Lipinski definition) is 1. The van der Waals surface area contributed by atoms with Crippen LogP contribution in [0.3, 0.4) is 0 Å². The van der Waals surface area contributed by atoms with Crippen molar-refractivity contribution in [1.29, 1.82) is 0 Å². The van der Waals surface area contributed by atoms with Crippen molar-refractivity contribution in [2.24, 2.45) is 0 Å². The Hall–Kier alpha value is -0.523. The van der Waals surface area contributed by atoms with Crippen molar-refractivity contribution in [3.63, 3.8) is 0 Å². The molecule has 0 saturated carbocycles. The molecule has 0 aromatic carbocycles. The Labute approximate surface area is 82.9 Å². The van der Waals surface area contributed by atoms with Gasteiger partial charge in [-0.1, -0.05) is 25.7 Å². The maximum absolute atomic E-state index is 9.35. The van der Waals surface area contributed by atoms with Gasteiger partial charge in [-0.15, -0.1) is 18.0 Å². The first-order valence-electron chi connectivity index (χ1n) is 4.74. The minimum absolute atomic E-state index is 0.256. The van der Waals surface area contributed by atoms with Gasteiger partial charge in [-0.25, -0.2) is 0 Å². The summed E-state index contributed by atoms with van der Waals surface area (Å²) in [5.41, 5.74) is 3.27. The predicted octanol–water partition coefficient (Wildman–Crippen LogP) is 2.58. The predicted molar refractivity (Wildman–Crippen MR) is 61.2 cm³/mol. The topological polar surface area (TPSA) is 20.2 Å². The first-order valence-corrected chi connectivity index (χ1v) is 8.24. The molecular weight excluding hydrogens is 176 g/mol. The molecule has 0 aromatic heterocycles. The van der Waals surface area contributed by atoms with Crippen molar-refractivity contribution >= 4 is 8.07 Å². The normalized spacial score (nSPS) is 12.9. The highest BCUT2D eigenvalue weighted by atomic mass is 28.3. The van der Waals surface area contributed by atoms with Crippen molar-refractivity contribution in [2.45, 2.75) is 45.0 Å². The summed E-state index contributed by atoms with van der Waals surface area (Å²) in [6, 6.07) is 0. The average Bonchev–Trinajstić information content (AvgIpc) is 1.97. The molecule has 0 fully saturated rings. The van der Waals surface area contributed by atoms with Crippen LogP contribution in [-0.4, -0.2) is 19.3 Å². The first kappa shape index (κ1) is 12.5. The highest BCUT2D eigenvalue weighted by Gasteiger charge is 2.07. The number of aliphatic hydroxyl groups excluding tert-OH is 1. The summed E-state index contributed by atoms with van der Waals surface area (Å²) in [4.78, 5) is 0. The lowest BCUT2D eigenvalue weighted by atomic mass is 10.1. The monoisotopic (exact) mass is 196 g/mol. The summed E-state index contributed by atoms with van der Waals surface area (Å²) in [5.74, 6) is 3.13. The molecule has 0 aromatic rings. The molecule has 0 bridgehead atoms. The lowest BCUT2D eigenvalue weighted by Gasteiger charge is -2.05. The lowest BCUT2D eigenvalue weighted by molar-refractivity contribution is 0.170. The van der Waals surface area contributed by atoms with Crippen LogP contribution in [0.4, 0.5) is 0 Å². The third-order valence-electron chi connectivity index (χ3n) is 1.50. The molecule has 0 aliphatic carbocycles. The molecule has 2 heteroatoms. The third kappa shape index (κ3) is 9.39. The van der Waals surface area contributed by atoms with Gasteiger partial charge in [-0.2, -0.15) is 0 Å². The molecule has 0 aliphatic rings. The zero-order valence-corrected chi connectivity index (χ0v) is 9.93. The van der Waals surface area contributed by atoms with Crippen LogP contribution >= 0.6 is 0 Å². The van der Waals surface area contributed by atoms with Gasteiger partial charge in [0.05, 0.1) is 6.10 Å². The molecule has 0 amide bonds. The van der Waals surface area contributed by atoms with E-state index in [0.717, 1.165) is 12.8 Å². The highest BCUT2D eigenvalue weighted by Crippen LogP contribution is 2.02. The van der Waals surface area contributed by atoms with Gasteiger partial charge in [0.25, 0.3) is 0 Å². The SMILES string of the molecule is C=CCC(O)CCC#C[Si](C)(C)C. The van der Waals surface area contributed by atoms with E-state index in [2.05, 4.69) is 37.7 Å². The van der Waals surface area contributed by atoms with Crippen molar-refractivity contribution in [2.75, 3.05) is 0 Å². The number of aliphatic hydroxyl groups is 1. The summed E-state index contributed by atoms with van der Waals surface area (Å²) >= 11 is 0. The fraction of sp³-hybridized carbons (Fsp3) is 0.636. The maximum atomic E-state index is 9.35. The van der Waals surface area contributed by atoms with Crippen molar-refractivity contribution in [3.05, 3.63) is 12.7 Å². The molecule has 13 heavy (non-hydrogen) atoms. The van der Waals surface area contributed by atoms with E-state index in [1.807, 2.05) is 0 Å². The highest BCUT2D eigenvalue weighted by molar-refractivity contribution is 6.83. The van der Waals surface area contributed by atoms with Gasteiger partial charge >= 0.3 is 0 Å². The van der Waals surface area contributed by atoms with Crippen molar-refractivity contribution < 1.29 is 5.11 Å². The van der Waals surface area contributed by atoms with Crippen LogP contribution in [0.2, 0.25) is 19.6 Å². The zero-order valence-electron chi connectivity index (χ0n) is 8.93. The van der Waals surface area contributed by atoms with Gasteiger partial charge in [0.15, 0.2) is 0 Å². The molecule has 74 valence electrons. The second-order valence-corrected chi connectivity index (χ2v) is 9.02. The quantitative estimate of drug-likeness (QED) is 0.416. The molecule has 1 unspecified atom stereocenters. The van der Waals surface area contributed by atoms with E-state index >= 15 is 0 Å². The number of hydrogen-bond donors (Lipinski definition) is 1. The fourth-order valence-corrected chi connectivity index (χ4v) is 1.53. The minimum Gasteiger partial charge on any atom is -0.393 e. The molecule has 0 heterocycles. The van der Waals surface area contributed by atoms with E-state index in [-0.39, 0.29) is 6.10 Å². The second kappa shape index (κ2) is 6.01. The van der Waals surface area contributed by atoms with Gasteiger partial charge in [0, 0.05) is 6.42 Å². The lowest BCUT2D eigenvalue weighted by Crippen LogP contribution is -2.16. The van der Waals surface area contributed by atoms with Gasteiger partial charge in [0.2, 0.25) is 0 Å². The van der Waals surface area contributed by atoms with Gasteiger partial charge in [-0.05, 0) is 12.8 Å². The van der Waals surface area contributed by atoms with E-state index in [1.54, 1.807) is 6.08 Å². The van der Waals surface area contributed by atoms with Crippen LogP contribution in [-0.2, 0) is 0 Å². The minimum atomic E-state index is -1.21. The largest absolute Gasteiger partial charge is 0.393 e. The fourth-order valence-electron chi connectivity index (χ4n) is 0.877. The standard InChI is InChI=1S/C11H20OSi/c1-5-8-11(12)9-6-7-10-13(2,3)4/h5,11-12H,1,6,8-9H2,2-4H3. The Morgan fingerprint density at radius 2 is 2.08 bits per heavy atom. The van der Waals surface area contributed by atoms with Crippen LogP contribution in [0.25, 0.3) is 0 Å². The van der Waals surface area contributed by atoms with Crippen molar-refractivity contribution in [1.82, 2.24) is 0 Å². The Morgan fingerprint density at radius 3 is 2.54 bits per heavy atom. The Kier molecular flexibility index (Phi) is 5.77. The van der Waals surface area contributed by atoms with Gasteiger partial charge in [0.1, 0.15) is 8.07 Å². The van der Waals surface area contributed by atoms with Crippen LogP contribution in [0.15, 0.2) is 12.7 Å². The average molecular weight is 196 g/mol. The Bertz CT molecular complexity index is 204. The van der Waals surface area contributed by atoms with E-state index in [0.29, 0.717) is 6.42 Å². The van der Waals surface area contributed by atoms with Crippen LogP contribution in [0.5, 0.6) is 0 Å².